The number of carbonyl (C=O) groups excluding carboxylic acids is 1. The third-order valence-corrected chi connectivity index (χ3v) is 2.98. The minimum atomic E-state index is -0.141. The molecule has 0 radical (unpaired) electrons. The van der Waals surface area contributed by atoms with E-state index in [4.69, 9.17) is 4.74 Å². The summed E-state index contributed by atoms with van der Waals surface area (Å²) in [5, 5.41) is 1.60. The monoisotopic (exact) mass is 268 g/mol. The van der Waals surface area contributed by atoms with Crippen LogP contribution in [0.1, 0.15) is 12.5 Å². The standard InChI is InChI=1S/C13H20N2O2S/c1-4-18-12-7-5-11(6-8-12)9-17-10-13(16)14-15(2)3/h5-8H,4,9-10H2,1-3H3,(H,14,16). The molecule has 4 nitrogen and oxygen atoms in total. The number of thioether (sulfide) groups is 1. The number of amides is 1. The molecule has 0 atom stereocenters. The van der Waals surface area contributed by atoms with Crippen LogP contribution in [0.5, 0.6) is 0 Å². The van der Waals surface area contributed by atoms with Crippen LogP contribution < -0.4 is 5.43 Å². The number of nitrogens with zero attached hydrogens (tertiary/aromatic N) is 1. The summed E-state index contributed by atoms with van der Waals surface area (Å²) in [5.41, 5.74) is 3.70. The van der Waals surface area contributed by atoms with Gasteiger partial charge in [0.15, 0.2) is 0 Å². The molecule has 0 spiro atoms. The van der Waals surface area contributed by atoms with Crippen LogP contribution in [-0.4, -0.2) is 37.4 Å². The predicted molar refractivity (Wildman–Crippen MR) is 74.3 cm³/mol. The molecule has 0 heterocycles. The van der Waals surface area contributed by atoms with E-state index < -0.39 is 0 Å². The van der Waals surface area contributed by atoms with Gasteiger partial charge in [-0.05, 0) is 23.4 Å². The van der Waals surface area contributed by atoms with E-state index in [9.17, 15) is 4.79 Å². The fraction of sp³-hybridized carbons (Fsp3) is 0.462. The smallest absolute Gasteiger partial charge is 0.260 e. The number of hydrazine groups is 1. The van der Waals surface area contributed by atoms with Crippen molar-refractivity contribution >= 4 is 17.7 Å². The molecule has 100 valence electrons. The van der Waals surface area contributed by atoms with Gasteiger partial charge in [0.05, 0.1) is 6.61 Å². The van der Waals surface area contributed by atoms with Gasteiger partial charge in [-0.3, -0.25) is 10.2 Å². The molecule has 1 aromatic rings. The molecule has 1 N–H and O–H groups in total. The second-order valence-electron chi connectivity index (χ2n) is 4.00. The maximum atomic E-state index is 11.3. The van der Waals surface area contributed by atoms with Crippen LogP contribution in [0.15, 0.2) is 29.2 Å². The van der Waals surface area contributed by atoms with Crippen molar-refractivity contribution in [3.8, 4) is 0 Å². The van der Waals surface area contributed by atoms with Gasteiger partial charge in [-0.25, -0.2) is 5.01 Å². The average molecular weight is 268 g/mol. The molecule has 1 amide bonds. The lowest BCUT2D eigenvalue weighted by Crippen LogP contribution is -2.38. The summed E-state index contributed by atoms with van der Waals surface area (Å²) in [7, 11) is 3.53. The summed E-state index contributed by atoms with van der Waals surface area (Å²) in [4.78, 5) is 12.6. The highest BCUT2D eigenvalue weighted by atomic mass is 32.2. The van der Waals surface area contributed by atoms with Gasteiger partial charge in [0.2, 0.25) is 0 Å². The molecule has 0 saturated heterocycles. The Morgan fingerprint density at radius 1 is 1.33 bits per heavy atom. The zero-order valence-electron chi connectivity index (χ0n) is 11.1. The van der Waals surface area contributed by atoms with Crippen LogP contribution in [-0.2, 0) is 16.1 Å². The van der Waals surface area contributed by atoms with Gasteiger partial charge in [0.25, 0.3) is 5.91 Å². The van der Waals surface area contributed by atoms with E-state index in [0.717, 1.165) is 11.3 Å². The lowest BCUT2D eigenvalue weighted by molar-refractivity contribution is -0.129. The number of ether oxygens (including phenoxy) is 1. The molecule has 1 aromatic carbocycles. The quantitative estimate of drug-likeness (QED) is 0.606. The molecule has 1 rings (SSSR count). The number of hydrogen-bond acceptors (Lipinski definition) is 4. The van der Waals surface area contributed by atoms with Crippen LogP contribution >= 0.6 is 11.8 Å². The molecule has 18 heavy (non-hydrogen) atoms. The number of hydrogen-bond donors (Lipinski definition) is 1. The summed E-state index contributed by atoms with van der Waals surface area (Å²) in [6.45, 7) is 2.66. The van der Waals surface area contributed by atoms with Crippen molar-refractivity contribution in [1.29, 1.82) is 0 Å². The Morgan fingerprint density at radius 2 is 2.00 bits per heavy atom. The average Bonchev–Trinajstić information content (AvgIpc) is 2.31. The Hall–Kier alpha value is -1.04. The highest BCUT2D eigenvalue weighted by Crippen LogP contribution is 2.17. The molecule has 0 aliphatic rings. The highest BCUT2D eigenvalue weighted by Gasteiger charge is 2.02. The Kier molecular flexibility index (Phi) is 6.78. The molecular formula is C13H20N2O2S. The summed E-state index contributed by atoms with van der Waals surface area (Å²) in [6, 6.07) is 8.21. The second kappa shape index (κ2) is 8.13. The Morgan fingerprint density at radius 3 is 2.56 bits per heavy atom. The van der Waals surface area contributed by atoms with Crippen molar-refractivity contribution in [1.82, 2.24) is 10.4 Å². The summed E-state index contributed by atoms with van der Waals surface area (Å²) >= 11 is 1.81. The van der Waals surface area contributed by atoms with E-state index in [1.54, 1.807) is 19.1 Å². The molecule has 0 aliphatic heterocycles. The first-order chi connectivity index (χ1) is 8.61. The molecule has 0 saturated carbocycles. The molecular weight excluding hydrogens is 248 g/mol. The topological polar surface area (TPSA) is 41.6 Å². The number of benzene rings is 1. The van der Waals surface area contributed by atoms with Gasteiger partial charge in [0, 0.05) is 19.0 Å². The summed E-state index contributed by atoms with van der Waals surface area (Å²) in [5.74, 6) is 0.929. The van der Waals surface area contributed by atoms with Crippen LogP contribution in [0.25, 0.3) is 0 Å². The zero-order chi connectivity index (χ0) is 13.4. The van der Waals surface area contributed by atoms with Gasteiger partial charge in [-0.2, -0.15) is 0 Å². The van der Waals surface area contributed by atoms with E-state index in [1.807, 2.05) is 23.9 Å². The minimum absolute atomic E-state index is 0.0731. The van der Waals surface area contributed by atoms with E-state index in [-0.39, 0.29) is 12.5 Å². The number of carbonyl (C=O) groups is 1. The third kappa shape index (κ3) is 6.05. The Bertz CT molecular complexity index is 366. The van der Waals surface area contributed by atoms with Crippen molar-refractivity contribution < 1.29 is 9.53 Å². The maximum Gasteiger partial charge on any atom is 0.260 e. The molecule has 0 unspecified atom stereocenters. The maximum absolute atomic E-state index is 11.3. The number of rotatable bonds is 7. The fourth-order valence-electron chi connectivity index (χ4n) is 1.39. The Labute approximate surface area is 113 Å². The lowest BCUT2D eigenvalue weighted by Gasteiger charge is -2.11. The summed E-state index contributed by atoms with van der Waals surface area (Å²) < 4.78 is 5.34. The van der Waals surface area contributed by atoms with E-state index in [0.29, 0.717) is 6.61 Å². The van der Waals surface area contributed by atoms with Crippen LogP contribution in [0.3, 0.4) is 0 Å². The van der Waals surface area contributed by atoms with Crippen molar-refractivity contribution in [3.63, 3.8) is 0 Å². The predicted octanol–water partition coefficient (Wildman–Crippen LogP) is 1.91. The van der Waals surface area contributed by atoms with E-state index in [1.165, 1.54) is 4.90 Å². The fourth-order valence-corrected chi connectivity index (χ4v) is 2.05. The molecule has 5 heteroatoms. The SMILES string of the molecule is CCSc1ccc(COCC(=O)NN(C)C)cc1. The van der Waals surface area contributed by atoms with Gasteiger partial charge in [-0.15, -0.1) is 11.8 Å². The van der Waals surface area contributed by atoms with Gasteiger partial charge >= 0.3 is 0 Å². The van der Waals surface area contributed by atoms with Crippen molar-refractivity contribution in [2.24, 2.45) is 0 Å². The minimum Gasteiger partial charge on any atom is -0.367 e. The van der Waals surface area contributed by atoms with Crippen molar-refractivity contribution in [2.45, 2.75) is 18.4 Å². The molecule has 0 aromatic heterocycles. The van der Waals surface area contributed by atoms with Crippen LogP contribution in [0, 0.1) is 0 Å². The summed E-state index contributed by atoms with van der Waals surface area (Å²) in [6.07, 6.45) is 0. The molecule has 0 aliphatic carbocycles. The Balaban J connectivity index is 2.28. The number of nitrogens with one attached hydrogen (secondary N) is 1. The first-order valence-electron chi connectivity index (χ1n) is 5.88. The van der Waals surface area contributed by atoms with Gasteiger partial charge in [-0.1, -0.05) is 19.1 Å². The van der Waals surface area contributed by atoms with Crippen LogP contribution in [0.2, 0.25) is 0 Å². The first-order valence-corrected chi connectivity index (χ1v) is 6.86. The first kappa shape index (κ1) is 15.0. The molecule has 0 bridgehead atoms. The van der Waals surface area contributed by atoms with E-state index >= 15 is 0 Å². The zero-order valence-corrected chi connectivity index (χ0v) is 11.9. The largest absolute Gasteiger partial charge is 0.367 e. The molecule has 0 fully saturated rings. The van der Waals surface area contributed by atoms with Gasteiger partial charge in [0.1, 0.15) is 6.61 Å². The normalized spacial score (nSPS) is 10.7. The highest BCUT2D eigenvalue weighted by molar-refractivity contribution is 7.99. The van der Waals surface area contributed by atoms with Crippen molar-refractivity contribution in [3.05, 3.63) is 29.8 Å². The van der Waals surface area contributed by atoms with Gasteiger partial charge < -0.3 is 4.74 Å². The lowest BCUT2D eigenvalue weighted by atomic mass is 10.2. The van der Waals surface area contributed by atoms with E-state index in [2.05, 4.69) is 24.5 Å². The second-order valence-corrected chi connectivity index (χ2v) is 5.34. The van der Waals surface area contributed by atoms with Crippen LogP contribution in [0.4, 0.5) is 0 Å². The third-order valence-electron chi connectivity index (χ3n) is 2.08. The van der Waals surface area contributed by atoms with Crippen molar-refractivity contribution in [2.75, 3.05) is 26.5 Å².